The zero-order valence-corrected chi connectivity index (χ0v) is 12.3. The summed E-state index contributed by atoms with van der Waals surface area (Å²) in [6.45, 7) is 10.5. The van der Waals surface area contributed by atoms with Gasteiger partial charge in [0.2, 0.25) is 0 Å². The molecular weight excluding hydrogens is 230 g/mol. The first kappa shape index (κ1) is 15.3. The molecule has 0 aromatic carbocycles. The number of carbonyl (C=O) groups excluding carboxylic acids is 1. The molecular formula is C14H27NO3. The molecule has 4 nitrogen and oxygen atoms in total. The molecule has 0 spiro atoms. The minimum absolute atomic E-state index is 0.0785. The van der Waals surface area contributed by atoms with Gasteiger partial charge in [-0.25, -0.2) is 4.79 Å². The summed E-state index contributed by atoms with van der Waals surface area (Å²) < 4.78 is 5.40. The van der Waals surface area contributed by atoms with Crippen LogP contribution in [-0.4, -0.2) is 40.9 Å². The van der Waals surface area contributed by atoms with E-state index in [4.69, 9.17) is 4.74 Å². The van der Waals surface area contributed by atoms with Crippen molar-refractivity contribution in [1.29, 1.82) is 0 Å². The van der Waals surface area contributed by atoms with Crippen LogP contribution in [0.15, 0.2) is 0 Å². The standard InChI is InChI=1S/C14H27NO3/c1-11(2)15(12(17)18-13(3,4)5)9-8-14(10-16)6-7-14/h11,16H,6-10H2,1-5H3. The maximum absolute atomic E-state index is 12.1. The second-order valence-electron chi connectivity index (χ2n) is 6.68. The van der Waals surface area contributed by atoms with Gasteiger partial charge in [-0.15, -0.1) is 0 Å². The van der Waals surface area contributed by atoms with E-state index in [0.29, 0.717) is 6.54 Å². The van der Waals surface area contributed by atoms with Crippen molar-refractivity contribution >= 4 is 6.09 Å². The Morgan fingerprint density at radius 3 is 2.28 bits per heavy atom. The van der Waals surface area contributed by atoms with Crippen LogP contribution >= 0.6 is 0 Å². The lowest BCUT2D eigenvalue weighted by Crippen LogP contribution is -2.42. The number of hydrogen-bond donors (Lipinski definition) is 1. The molecule has 1 aliphatic rings. The van der Waals surface area contributed by atoms with Crippen LogP contribution in [0.5, 0.6) is 0 Å². The van der Waals surface area contributed by atoms with Crippen molar-refractivity contribution in [3.63, 3.8) is 0 Å². The minimum atomic E-state index is -0.460. The van der Waals surface area contributed by atoms with Crippen LogP contribution in [0.1, 0.15) is 53.9 Å². The Bertz CT molecular complexity index is 290. The van der Waals surface area contributed by atoms with Gasteiger partial charge in [0.1, 0.15) is 5.60 Å². The first-order valence-electron chi connectivity index (χ1n) is 6.80. The number of ether oxygens (including phenoxy) is 1. The lowest BCUT2D eigenvalue weighted by molar-refractivity contribution is 0.0168. The highest BCUT2D eigenvalue weighted by molar-refractivity contribution is 5.68. The molecule has 0 bridgehead atoms. The Labute approximate surface area is 110 Å². The van der Waals surface area contributed by atoms with E-state index >= 15 is 0 Å². The summed E-state index contributed by atoms with van der Waals surface area (Å²) in [6, 6.07) is 0.120. The maximum atomic E-state index is 12.1. The molecule has 1 aliphatic carbocycles. The molecule has 0 aliphatic heterocycles. The van der Waals surface area contributed by atoms with Gasteiger partial charge >= 0.3 is 6.09 Å². The summed E-state index contributed by atoms with van der Waals surface area (Å²) in [7, 11) is 0. The number of aliphatic hydroxyl groups excluding tert-OH is 1. The van der Waals surface area contributed by atoms with Crippen molar-refractivity contribution in [3.8, 4) is 0 Å². The third-order valence-electron chi connectivity index (χ3n) is 3.43. The van der Waals surface area contributed by atoms with Crippen LogP contribution in [0, 0.1) is 5.41 Å². The number of nitrogens with zero attached hydrogens (tertiary/aromatic N) is 1. The first-order valence-corrected chi connectivity index (χ1v) is 6.80. The molecule has 1 saturated carbocycles. The van der Waals surface area contributed by atoms with E-state index in [9.17, 15) is 9.90 Å². The molecule has 1 N–H and O–H groups in total. The summed E-state index contributed by atoms with van der Waals surface area (Å²) in [5, 5.41) is 9.30. The minimum Gasteiger partial charge on any atom is -0.444 e. The number of rotatable bonds is 5. The summed E-state index contributed by atoms with van der Waals surface area (Å²) in [4.78, 5) is 13.8. The molecule has 0 radical (unpaired) electrons. The molecule has 1 amide bonds. The van der Waals surface area contributed by atoms with E-state index in [2.05, 4.69) is 0 Å². The third-order valence-corrected chi connectivity index (χ3v) is 3.43. The first-order chi connectivity index (χ1) is 8.19. The lowest BCUT2D eigenvalue weighted by Gasteiger charge is -2.31. The average molecular weight is 257 g/mol. The highest BCUT2D eigenvalue weighted by atomic mass is 16.6. The normalized spacial score (nSPS) is 17.7. The topological polar surface area (TPSA) is 49.8 Å². The molecule has 106 valence electrons. The fraction of sp³-hybridized carbons (Fsp3) is 0.929. The summed E-state index contributed by atoms with van der Waals surface area (Å²) in [5.41, 5.74) is -0.381. The van der Waals surface area contributed by atoms with Crippen molar-refractivity contribution in [3.05, 3.63) is 0 Å². The summed E-state index contributed by atoms with van der Waals surface area (Å²) in [6.07, 6.45) is 2.75. The predicted octanol–water partition coefficient (Wildman–Crippen LogP) is 2.79. The van der Waals surface area contributed by atoms with Gasteiger partial charge in [0.15, 0.2) is 0 Å². The molecule has 0 heterocycles. The van der Waals surface area contributed by atoms with E-state index in [1.54, 1.807) is 4.90 Å². The van der Waals surface area contributed by atoms with Crippen molar-refractivity contribution in [2.24, 2.45) is 5.41 Å². The fourth-order valence-corrected chi connectivity index (χ4v) is 1.90. The second-order valence-corrected chi connectivity index (χ2v) is 6.68. The maximum Gasteiger partial charge on any atom is 0.410 e. The van der Waals surface area contributed by atoms with Gasteiger partial charge in [0, 0.05) is 19.2 Å². The summed E-state index contributed by atoms with van der Waals surface area (Å²) in [5.74, 6) is 0. The van der Waals surface area contributed by atoms with Crippen LogP contribution in [0.3, 0.4) is 0 Å². The van der Waals surface area contributed by atoms with E-state index in [-0.39, 0.29) is 24.2 Å². The van der Waals surface area contributed by atoms with Crippen LogP contribution in [-0.2, 0) is 4.74 Å². The lowest BCUT2D eigenvalue weighted by atomic mass is 10.0. The molecule has 0 atom stereocenters. The highest BCUT2D eigenvalue weighted by Gasteiger charge is 2.42. The molecule has 0 saturated heterocycles. The molecule has 0 aromatic heterocycles. The van der Waals surface area contributed by atoms with Gasteiger partial charge in [0.25, 0.3) is 0 Å². The zero-order chi connectivity index (χ0) is 14.0. The SMILES string of the molecule is CC(C)N(CCC1(CO)CC1)C(=O)OC(C)(C)C. The van der Waals surface area contributed by atoms with Gasteiger partial charge in [-0.3, -0.25) is 0 Å². The van der Waals surface area contributed by atoms with Crippen molar-refractivity contribution in [2.75, 3.05) is 13.2 Å². The molecule has 0 unspecified atom stereocenters. The van der Waals surface area contributed by atoms with Gasteiger partial charge in [0.05, 0.1) is 0 Å². The summed E-state index contributed by atoms with van der Waals surface area (Å²) >= 11 is 0. The van der Waals surface area contributed by atoms with Crippen molar-refractivity contribution in [2.45, 2.75) is 65.5 Å². The Morgan fingerprint density at radius 2 is 1.94 bits per heavy atom. The van der Waals surface area contributed by atoms with Crippen LogP contribution in [0.25, 0.3) is 0 Å². The highest BCUT2D eigenvalue weighted by Crippen LogP contribution is 2.48. The largest absolute Gasteiger partial charge is 0.444 e. The fourth-order valence-electron chi connectivity index (χ4n) is 1.90. The average Bonchev–Trinajstić information content (AvgIpc) is 2.95. The Kier molecular flexibility index (Phi) is 4.65. The van der Waals surface area contributed by atoms with Crippen molar-refractivity contribution < 1.29 is 14.6 Å². The van der Waals surface area contributed by atoms with Crippen LogP contribution in [0.2, 0.25) is 0 Å². The molecule has 1 fully saturated rings. The molecule has 0 aromatic rings. The number of aliphatic hydroxyl groups is 1. The molecule has 18 heavy (non-hydrogen) atoms. The van der Waals surface area contributed by atoms with Crippen LogP contribution in [0.4, 0.5) is 4.79 Å². The molecule has 4 heteroatoms. The van der Waals surface area contributed by atoms with Crippen molar-refractivity contribution in [1.82, 2.24) is 4.90 Å². The number of hydrogen-bond acceptors (Lipinski definition) is 3. The van der Waals surface area contributed by atoms with Gasteiger partial charge in [-0.1, -0.05) is 0 Å². The Morgan fingerprint density at radius 1 is 1.39 bits per heavy atom. The third kappa shape index (κ3) is 4.48. The van der Waals surface area contributed by atoms with E-state index in [0.717, 1.165) is 19.3 Å². The smallest absolute Gasteiger partial charge is 0.410 e. The van der Waals surface area contributed by atoms with E-state index < -0.39 is 5.60 Å². The van der Waals surface area contributed by atoms with Gasteiger partial charge in [-0.2, -0.15) is 0 Å². The monoisotopic (exact) mass is 257 g/mol. The number of carbonyl (C=O) groups is 1. The quantitative estimate of drug-likeness (QED) is 0.824. The predicted molar refractivity (Wildman–Crippen MR) is 71.4 cm³/mol. The Hall–Kier alpha value is -0.770. The van der Waals surface area contributed by atoms with E-state index in [1.165, 1.54) is 0 Å². The van der Waals surface area contributed by atoms with E-state index in [1.807, 2.05) is 34.6 Å². The van der Waals surface area contributed by atoms with Crippen LogP contribution < -0.4 is 0 Å². The molecule has 1 rings (SSSR count). The Balaban J connectivity index is 2.52. The zero-order valence-electron chi connectivity index (χ0n) is 12.3. The van der Waals surface area contributed by atoms with Gasteiger partial charge in [-0.05, 0) is 59.3 Å². The van der Waals surface area contributed by atoms with Gasteiger partial charge < -0.3 is 14.7 Å². The number of amides is 1. The second kappa shape index (κ2) is 5.47.